The number of para-hydroxylation sites is 2. The molecule has 0 aliphatic rings. The van der Waals surface area contributed by atoms with Gasteiger partial charge in [0.25, 0.3) is 5.56 Å². The molecule has 40 heavy (non-hydrogen) atoms. The Bertz CT molecular complexity index is 1860. The van der Waals surface area contributed by atoms with Crippen LogP contribution in [-0.2, 0) is 9.53 Å². The van der Waals surface area contributed by atoms with Crippen LogP contribution in [0.5, 0.6) is 5.75 Å². The zero-order chi connectivity index (χ0) is 28.4. The molecule has 0 N–H and O–H groups in total. The number of carbonyl (C=O) groups is 1. The van der Waals surface area contributed by atoms with E-state index in [1.165, 1.54) is 31.3 Å². The number of rotatable bonds is 8. The van der Waals surface area contributed by atoms with Crippen LogP contribution in [-0.4, -0.2) is 39.5 Å². The molecule has 11 nitrogen and oxygen atoms in total. The SMILES string of the molecule is CCOC(=O)[C@@H](C)Oc1c(C=Nn2c(-c3cc4cc(Cl)ccc4o3)nc3ccccc3c2=O)cccc1[N+](=O)[O-]. The number of ether oxygens (including phenoxy) is 2. The number of benzene rings is 3. The molecule has 0 amide bonds. The average Bonchev–Trinajstić information content (AvgIpc) is 3.36. The van der Waals surface area contributed by atoms with Crippen LogP contribution in [0, 0.1) is 10.1 Å². The van der Waals surface area contributed by atoms with Crippen LogP contribution in [0.2, 0.25) is 5.02 Å². The summed E-state index contributed by atoms with van der Waals surface area (Å²) in [6.07, 6.45) is 0.0809. The number of nitro benzene ring substituents is 1. The smallest absolute Gasteiger partial charge is 0.347 e. The van der Waals surface area contributed by atoms with Gasteiger partial charge in [0.2, 0.25) is 11.6 Å². The van der Waals surface area contributed by atoms with Crippen molar-refractivity contribution in [3.8, 4) is 17.3 Å². The van der Waals surface area contributed by atoms with Crippen molar-refractivity contribution in [2.75, 3.05) is 6.61 Å². The van der Waals surface area contributed by atoms with E-state index < -0.39 is 28.2 Å². The van der Waals surface area contributed by atoms with Gasteiger partial charge in [0.05, 0.1) is 28.6 Å². The third-order valence-corrected chi connectivity index (χ3v) is 6.13. The zero-order valence-corrected chi connectivity index (χ0v) is 22.0. The molecule has 0 bridgehead atoms. The number of fused-ring (bicyclic) bond motifs is 2. The van der Waals surface area contributed by atoms with Crippen molar-refractivity contribution in [1.82, 2.24) is 9.66 Å². The summed E-state index contributed by atoms with van der Waals surface area (Å²) in [5.74, 6) is -0.548. The first-order valence-corrected chi connectivity index (χ1v) is 12.5. The van der Waals surface area contributed by atoms with Gasteiger partial charge in [-0.3, -0.25) is 14.9 Å². The highest BCUT2D eigenvalue weighted by Crippen LogP contribution is 2.32. The highest BCUT2D eigenvalue weighted by molar-refractivity contribution is 6.31. The molecule has 2 heterocycles. The van der Waals surface area contributed by atoms with Gasteiger partial charge in [-0.25, -0.2) is 9.78 Å². The minimum Gasteiger partial charge on any atom is -0.471 e. The summed E-state index contributed by atoms with van der Waals surface area (Å²) in [6, 6.07) is 17.7. The van der Waals surface area contributed by atoms with Gasteiger partial charge in [-0.05, 0) is 56.3 Å². The van der Waals surface area contributed by atoms with E-state index in [0.29, 0.717) is 26.9 Å². The number of esters is 1. The Labute approximate surface area is 231 Å². The molecule has 2 aromatic heterocycles. The Morgan fingerprint density at radius 3 is 2.77 bits per heavy atom. The Morgan fingerprint density at radius 1 is 1.20 bits per heavy atom. The molecule has 0 unspecified atom stereocenters. The maximum Gasteiger partial charge on any atom is 0.347 e. The van der Waals surface area contributed by atoms with Crippen molar-refractivity contribution in [1.29, 1.82) is 0 Å². The molecule has 5 aromatic rings. The van der Waals surface area contributed by atoms with Gasteiger partial charge in [0, 0.05) is 22.0 Å². The van der Waals surface area contributed by atoms with Gasteiger partial charge in [-0.15, -0.1) is 0 Å². The molecule has 3 aromatic carbocycles. The molecule has 12 heteroatoms. The fourth-order valence-corrected chi connectivity index (χ4v) is 4.22. The van der Waals surface area contributed by atoms with Crippen LogP contribution in [0.25, 0.3) is 33.5 Å². The van der Waals surface area contributed by atoms with Crippen molar-refractivity contribution < 1.29 is 23.6 Å². The quantitative estimate of drug-likeness (QED) is 0.104. The van der Waals surface area contributed by atoms with E-state index in [9.17, 15) is 19.7 Å². The summed E-state index contributed by atoms with van der Waals surface area (Å²) >= 11 is 6.12. The van der Waals surface area contributed by atoms with Crippen molar-refractivity contribution >= 4 is 51.3 Å². The Morgan fingerprint density at radius 2 is 2.00 bits per heavy atom. The topological polar surface area (TPSA) is 139 Å². The van der Waals surface area contributed by atoms with Crippen LogP contribution in [0.1, 0.15) is 19.4 Å². The predicted molar refractivity (Wildman–Crippen MR) is 149 cm³/mol. The van der Waals surface area contributed by atoms with E-state index in [1.807, 2.05) is 0 Å². The second-order valence-corrected chi connectivity index (χ2v) is 9.01. The van der Waals surface area contributed by atoms with Crippen molar-refractivity contribution in [2.45, 2.75) is 20.0 Å². The van der Waals surface area contributed by atoms with E-state index in [2.05, 4.69) is 10.1 Å². The summed E-state index contributed by atoms with van der Waals surface area (Å²) in [6.45, 7) is 3.17. The highest BCUT2D eigenvalue weighted by Gasteiger charge is 2.25. The number of nitro groups is 1. The Hall–Kier alpha value is -5.03. The number of halogens is 1. The first-order chi connectivity index (χ1) is 19.3. The molecule has 0 fully saturated rings. The minimum atomic E-state index is -1.14. The molecule has 5 rings (SSSR count). The molecule has 1 atom stereocenters. The molecule has 0 spiro atoms. The van der Waals surface area contributed by atoms with E-state index >= 15 is 0 Å². The van der Waals surface area contributed by atoms with Crippen LogP contribution in [0.3, 0.4) is 0 Å². The number of furan rings is 1. The second-order valence-electron chi connectivity index (χ2n) is 8.57. The standard InChI is InChI=1S/C28H21ClN4O7/c1-3-38-28(35)16(2)39-25-17(7-6-10-22(25)33(36)37)15-30-32-26(31-21-9-5-4-8-20(21)27(32)34)24-14-18-13-19(29)11-12-23(18)40-24/h4-16H,3H2,1-2H3/t16-/m1/s1. The number of carbonyl (C=O) groups excluding carboxylic acids is 1. The molecular formula is C28H21ClN4O7. The molecule has 0 saturated carbocycles. The second kappa shape index (κ2) is 11.0. The van der Waals surface area contributed by atoms with Crippen LogP contribution < -0.4 is 10.3 Å². The summed E-state index contributed by atoms with van der Waals surface area (Å²) in [7, 11) is 0. The molecule has 202 valence electrons. The van der Waals surface area contributed by atoms with Gasteiger partial charge in [0.15, 0.2) is 11.9 Å². The minimum absolute atomic E-state index is 0.0973. The van der Waals surface area contributed by atoms with Crippen LogP contribution in [0.15, 0.2) is 81.0 Å². The van der Waals surface area contributed by atoms with Gasteiger partial charge in [-0.2, -0.15) is 9.78 Å². The predicted octanol–water partition coefficient (Wildman–Crippen LogP) is 5.58. The lowest BCUT2D eigenvalue weighted by atomic mass is 10.2. The maximum absolute atomic E-state index is 13.6. The van der Waals surface area contributed by atoms with Gasteiger partial charge < -0.3 is 13.9 Å². The average molecular weight is 561 g/mol. The normalized spacial score (nSPS) is 12.2. The number of hydrogen-bond acceptors (Lipinski definition) is 9. The largest absolute Gasteiger partial charge is 0.471 e. The first-order valence-electron chi connectivity index (χ1n) is 12.1. The van der Waals surface area contributed by atoms with Crippen molar-refractivity contribution in [3.05, 3.63) is 97.8 Å². The first kappa shape index (κ1) is 26.6. The molecule has 0 saturated heterocycles. The van der Waals surface area contributed by atoms with E-state index in [4.69, 9.17) is 25.5 Å². The van der Waals surface area contributed by atoms with E-state index in [-0.39, 0.29) is 29.5 Å². The Kier molecular flexibility index (Phi) is 7.30. The van der Waals surface area contributed by atoms with E-state index in [1.54, 1.807) is 55.5 Å². The highest BCUT2D eigenvalue weighted by atomic mass is 35.5. The van der Waals surface area contributed by atoms with Crippen molar-refractivity contribution in [3.63, 3.8) is 0 Å². The van der Waals surface area contributed by atoms with E-state index in [0.717, 1.165) is 4.68 Å². The Balaban J connectivity index is 1.66. The molecule has 0 radical (unpaired) electrons. The fraction of sp³-hybridized carbons (Fsp3) is 0.143. The zero-order valence-electron chi connectivity index (χ0n) is 21.2. The molecule has 0 aliphatic heterocycles. The van der Waals surface area contributed by atoms with Crippen LogP contribution >= 0.6 is 11.6 Å². The maximum atomic E-state index is 13.6. The lowest BCUT2D eigenvalue weighted by molar-refractivity contribution is -0.386. The molecular weight excluding hydrogens is 540 g/mol. The number of aromatic nitrogens is 2. The summed E-state index contributed by atoms with van der Waals surface area (Å²) < 4.78 is 17.6. The molecule has 0 aliphatic carbocycles. The summed E-state index contributed by atoms with van der Waals surface area (Å²) in [5.41, 5.74) is 0.212. The third-order valence-electron chi connectivity index (χ3n) is 5.90. The number of hydrogen-bond donors (Lipinski definition) is 0. The lowest BCUT2D eigenvalue weighted by Crippen LogP contribution is -2.27. The fourth-order valence-electron chi connectivity index (χ4n) is 4.04. The van der Waals surface area contributed by atoms with Gasteiger partial charge >= 0.3 is 11.7 Å². The number of nitrogens with zero attached hydrogens (tertiary/aromatic N) is 4. The monoisotopic (exact) mass is 560 g/mol. The van der Waals surface area contributed by atoms with Crippen molar-refractivity contribution in [2.24, 2.45) is 5.10 Å². The summed E-state index contributed by atoms with van der Waals surface area (Å²) in [4.78, 5) is 41.5. The third kappa shape index (κ3) is 5.14. The lowest BCUT2D eigenvalue weighted by Gasteiger charge is -2.15. The van der Waals surface area contributed by atoms with Gasteiger partial charge in [0.1, 0.15) is 5.58 Å². The summed E-state index contributed by atoms with van der Waals surface area (Å²) in [5, 5.41) is 17.6. The van der Waals surface area contributed by atoms with Gasteiger partial charge in [-0.1, -0.05) is 29.8 Å². The van der Waals surface area contributed by atoms with Crippen LogP contribution in [0.4, 0.5) is 5.69 Å².